The first kappa shape index (κ1) is 19.6. The van der Waals surface area contributed by atoms with Crippen molar-refractivity contribution in [2.45, 2.75) is 0 Å². The van der Waals surface area contributed by atoms with Crippen molar-refractivity contribution in [3.63, 3.8) is 0 Å². The van der Waals surface area contributed by atoms with Gasteiger partial charge in [0.15, 0.2) is 5.13 Å². The Morgan fingerprint density at radius 2 is 1.81 bits per heavy atom. The van der Waals surface area contributed by atoms with Crippen LogP contribution in [0.1, 0.15) is 10.4 Å². The van der Waals surface area contributed by atoms with E-state index in [1.165, 1.54) is 17.4 Å². The van der Waals surface area contributed by atoms with Crippen molar-refractivity contribution in [2.24, 2.45) is 0 Å². The second kappa shape index (κ2) is 7.85. The molecule has 0 saturated heterocycles. The second-order valence-corrected chi connectivity index (χ2v) is 9.02. The van der Waals surface area contributed by atoms with Crippen molar-refractivity contribution in [3.8, 4) is 11.3 Å². The molecule has 0 fully saturated rings. The lowest BCUT2D eigenvalue weighted by atomic mass is 10.1. The molecule has 0 unspecified atom stereocenters. The molecule has 1 aromatic heterocycles. The number of thiazole rings is 1. The molecule has 2 aromatic carbocycles. The molecule has 1 amide bonds. The van der Waals surface area contributed by atoms with Gasteiger partial charge in [0.05, 0.1) is 22.5 Å². The highest BCUT2D eigenvalue weighted by molar-refractivity contribution is 7.92. The van der Waals surface area contributed by atoms with Gasteiger partial charge in [-0.25, -0.2) is 13.4 Å². The fourth-order valence-electron chi connectivity index (χ4n) is 2.22. The summed E-state index contributed by atoms with van der Waals surface area (Å²) in [5.41, 5.74) is 2.20. The van der Waals surface area contributed by atoms with Gasteiger partial charge in [0, 0.05) is 21.7 Å². The number of hydrogen-bond acceptors (Lipinski definition) is 5. The molecule has 27 heavy (non-hydrogen) atoms. The molecule has 0 saturated carbocycles. The number of carbonyl (C=O) groups is 1. The van der Waals surface area contributed by atoms with Crippen molar-refractivity contribution in [2.75, 3.05) is 16.3 Å². The van der Waals surface area contributed by atoms with Crippen molar-refractivity contribution < 1.29 is 13.2 Å². The molecule has 0 radical (unpaired) electrons. The number of amides is 1. The molecule has 0 aliphatic rings. The van der Waals surface area contributed by atoms with Gasteiger partial charge in [0.2, 0.25) is 10.0 Å². The van der Waals surface area contributed by atoms with Crippen LogP contribution >= 0.6 is 34.5 Å². The summed E-state index contributed by atoms with van der Waals surface area (Å²) < 4.78 is 24.9. The maximum Gasteiger partial charge on any atom is 0.258 e. The number of carbonyl (C=O) groups excluding carboxylic acids is 1. The van der Waals surface area contributed by atoms with Gasteiger partial charge in [-0.2, -0.15) is 0 Å². The zero-order valence-corrected chi connectivity index (χ0v) is 17.0. The van der Waals surface area contributed by atoms with E-state index in [1.807, 2.05) is 0 Å². The summed E-state index contributed by atoms with van der Waals surface area (Å²) in [6.07, 6.45) is 1.09. The van der Waals surface area contributed by atoms with E-state index in [1.54, 1.807) is 41.8 Å². The molecule has 0 aliphatic heterocycles. The molecule has 140 valence electrons. The maximum absolute atomic E-state index is 12.3. The highest BCUT2D eigenvalue weighted by Gasteiger charge is 2.13. The SMILES string of the molecule is CS(=O)(=O)Nc1ccc(-c2csc(NC(=O)c3ccc(Cl)cc3Cl)n2)cc1. The molecule has 1 heterocycles. The zero-order chi connectivity index (χ0) is 19.6. The zero-order valence-electron chi connectivity index (χ0n) is 13.9. The Labute approximate surface area is 170 Å². The summed E-state index contributed by atoms with van der Waals surface area (Å²) in [6.45, 7) is 0. The Bertz CT molecular complexity index is 1100. The number of rotatable bonds is 5. The fourth-order valence-corrected chi connectivity index (χ4v) is 4.00. The van der Waals surface area contributed by atoms with E-state index >= 15 is 0 Å². The topological polar surface area (TPSA) is 88.2 Å². The van der Waals surface area contributed by atoms with Gasteiger partial charge in [-0.05, 0) is 30.3 Å². The number of anilines is 2. The highest BCUT2D eigenvalue weighted by atomic mass is 35.5. The minimum absolute atomic E-state index is 0.255. The van der Waals surface area contributed by atoms with E-state index in [9.17, 15) is 13.2 Å². The van der Waals surface area contributed by atoms with Gasteiger partial charge in [0.25, 0.3) is 5.91 Å². The minimum atomic E-state index is -3.33. The number of hydrogen-bond donors (Lipinski definition) is 2. The lowest BCUT2D eigenvalue weighted by molar-refractivity contribution is 0.102. The first-order valence-electron chi connectivity index (χ1n) is 7.51. The van der Waals surface area contributed by atoms with E-state index < -0.39 is 10.0 Å². The quantitative estimate of drug-likeness (QED) is 0.598. The summed E-state index contributed by atoms with van der Waals surface area (Å²) in [7, 11) is -3.33. The third kappa shape index (κ3) is 5.20. The van der Waals surface area contributed by atoms with Crippen LogP contribution in [0.15, 0.2) is 47.8 Å². The van der Waals surface area contributed by atoms with Gasteiger partial charge in [-0.3, -0.25) is 14.8 Å². The van der Waals surface area contributed by atoms with Crippen LogP contribution in [0.3, 0.4) is 0 Å². The Balaban J connectivity index is 1.74. The molecule has 0 atom stereocenters. The van der Waals surface area contributed by atoms with Crippen LogP contribution in [0.2, 0.25) is 10.0 Å². The van der Waals surface area contributed by atoms with Crippen LogP contribution in [-0.2, 0) is 10.0 Å². The third-order valence-electron chi connectivity index (χ3n) is 3.38. The first-order valence-corrected chi connectivity index (χ1v) is 11.0. The molecule has 0 bridgehead atoms. The van der Waals surface area contributed by atoms with Crippen LogP contribution in [0, 0.1) is 0 Å². The Kier molecular flexibility index (Phi) is 5.71. The minimum Gasteiger partial charge on any atom is -0.298 e. The van der Waals surface area contributed by atoms with Crippen molar-refractivity contribution in [3.05, 3.63) is 63.5 Å². The summed E-state index contributed by atoms with van der Waals surface area (Å²) >= 11 is 13.1. The van der Waals surface area contributed by atoms with Gasteiger partial charge >= 0.3 is 0 Å². The molecule has 2 N–H and O–H groups in total. The lowest BCUT2D eigenvalue weighted by Crippen LogP contribution is -2.12. The van der Waals surface area contributed by atoms with Gasteiger partial charge in [0.1, 0.15) is 0 Å². The highest BCUT2D eigenvalue weighted by Crippen LogP contribution is 2.27. The Hall–Kier alpha value is -2.13. The molecular weight excluding hydrogens is 429 g/mol. The smallest absolute Gasteiger partial charge is 0.258 e. The average molecular weight is 442 g/mol. The Morgan fingerprint density at radius 1 is 1.11 bits per heavy atom. The maximum atomic E-state index is 12.3. The summed E-state index contributed by atoms with van der Waals surface area (Å²) in [5, 5.41) is 5.61. The molecule has 10 heteroatoms. The molecule has 0 spiro atoms. The lowest BCUT2D eigenvalue weighted by Gasteiger charge is -2.05. The predicted octanol–water partition coefficient (Wildman–Crippen LogP) is 4.74. The summed E-state index contributed by atoms with van der Waals surface area (Å²) in [6, 6.07) is 11.4. The van der Waals surface area contributed by atoms with Crippen LogP contribution in [0.5, 0.6) is 0 Å². The second-order valence-electron chi connectivity index (χ2n) is 5.57. The molecule has 3 aromatic rings. The van der Waals surface area contributed by atoms with E-state index in [4.69, 9.17) is 23.2 Å². The van der Waals surface area contributed by atoms with E-state index in [-0.39, 0.29) is 10.9 Å². The normalized spacial score (nSPS) is 11.2. The fraction of sp³-hybridized carbons (Fsp3) is 0.0588. The van der Waals surface area contributed by atoms with E-state index in [2.05, 4.69) is 15.0 Å². The van der Waals surface area contributed by atoms with Crippen LogP contribution in [0.25, 0.3) is 11.3 Å². The largest absolute Gasteiger partial charge is 0.298 e. The van der Waals surface area contributed by atoms with Gasteiger partial charge in [-0.1, -0.05) is 35.3 Å². The van der Waals surface area contributed by atoms with Crippen LogP contribution < -0.4 is 10.0 Å². The first-order chi connectivity index (χ1) is 12.7. The average Bonchev–Trinajstić information content (AvgIpc) is 3.02. The number of halogens is 2. The number of nitrogens with one attached hydrogen (secondary N) is 2. The third-order valence-corrected chi connectivity index (χ3v) is 5.30. The van der Waals surface area contributed by atoms with E-state index in [0.717, 1.165) is 11.8 Å². The van der Waals surface area contributed by atoms with E-state index in [0.29, 0.717) is 27.1 Å². The molecule has 0 aliphatic carbocycles. The van der Waals surface area contributed by atoms with Gasteiger partial charge < -0.3 is 0 Å². The number of aromatic nitrogens is 1. The number of sulfonamides is 1. The number of nitrogens with zero attached hydrogens (tertiary/aromatic N) is 1. The van der Waals surface area contributed by atoms with Gasteiger partial charge in [-0.15, -0.1) is 11.3 Å². The standard InChI is InChI=1S/C17H13Cl2N3O3S2/c1-27(24,25)22-12-5-2-10(3-6-12)15-9-26-17(20-15)21-16(23)13-7-4-11(18)8-14(13)19/h2-9,22H,1H3,(H,20,21,23). The Morgan fingerprint density at radius 3 is 2.44 bits per heavy atom. The van der Waals surface area contributed by atoms with Crippen molar-refractivity contribution in [1.29, 1.82) is 0 Å². The monoisotopic (exact) mass is 441 g/mol. The van der Waals surface area contributed by atoms with Crippen LogP contribution in [-0.4, -0.2) is 25.6 Å². The van der Waals surface area contributed by atoms with Crippen LogP contribution in [0.4, 0.5) is 10.8 Å². The predicted molar refractivity (Wildman–Crippen MR) is 110 cm³/mol. The summed E-state index contributed by atoms with van der Waals surface area (Å²) in [5.74, 6) is -0.384. The van der Waals surface area contributed by atoms with Crippen molar-refractivity contribution >= 4 is 61.3 Å². The number of benzene rings is 2. The molecule has 6 nitrogen and oxygen atoms in total. The summed E-state index contributed by atoms with van der Waals surface area (Å²) in [4.78, 5) is 16.7. The molecule has 3 rings (SSSR count). The van der Waals surface area contributed by atoms with Crippen molar-refractivity contribution in [1.82, 2.24) is 4.98 Å². The molecular formula is C17H13Cl2N3O3S2.